The first-order valence-corrected chi connectivity index (χ1v) is 9.36. The Labute approximate surface area is 165 Å². The van der Waals surface area contributed by atoms with Crippen LogP contribution in [0.4, 0.5) is 0 Å². The van der Waals surface area contributed by atoms with Crippen molar-refractivity contribution in [3.8, 4) is 0 Å². The number of fused-ring (bicyclic) bond motifs is 2. The smallest absolute Gasteiger partial charge is 0.275 e. The number of rotatable bonds is 4. The Morgan fingerprint density at radius 2 is 1.90 bits per heavy atom. The van der Waals surface area contributed by atoms with Crippen molar-refractivity contribution in [3.63, 3.8) is 0 Å². The van der Waals surface area contributed by atoms with E-state index in [0.717, 1.165) is 11.1 Å². The Balaban J connectivity index is 1.69. The Hall–Kier alpha value is -3.81. The van der Waals surface area contributed by atoms with Crippen LogP contribution in [0.2, 0.25) is 0 Å². The molecule has 1 N–H and O–H groups in total. The van der Waals surface area contributed by atoms with E-state index >= 15 is 0 Å². The van der Waals surface area contributed by atoms with Crippen LogP contribution in [0, 0.1) is 6.92 Å². The number of aromatic amines is 1. The molecule has 0 saturated heterocycles. The molecule has 0 amide bonds. The number of aromatic nitrogens is 7. The molecule has 0 fully saturated rings. The average Bonchev–Trinajstić information content (AvgIpc) is 3.34. The quantitative estimate of drug-likeness (QED) is 0.512. The summed E-state index contributed by atoms with van der Waals surface area (Å²) < 4.78 is 3.55. The predicted octanol–water partition coefficient (Wildman–Crippen LogP) is 2.35. The van der Waals surface area contributed by atoms with Crippen LogP contribution in [0.3, 0.4) is 0 Å². The fraction of sp³-hybridized carbons (Fsp3) is 0.190. The Morgan fingerprint density at radius 3 is 2.69 bits per heavy atom. The van der Waals surface area contributed by atoms with Gasteiger partial charge < -0.3 is 4.57 Å². The molecule has 0 spiro atoms. The van der Waals surface area contributed by atoms with E-state index in [1.54, 1.807) is 0 Å². The van der Waals surface area contributed by atoms with E-state index in [-0.39, 0.29) is 12.1 Å². The first-order valence-electron chi connectivity index (χ1n) is 9.36. The zero-order chi connectivity index (χ0) is 20.0. The maximum Gasteiger partial charge on any atom is 0.275 e. The van der Waals surface area contributed by atoms with Gasteiger partial charge in [0.15, 0.2) is 5.82 Å². The largest absolute Gasteiger partial charge is 0.350 e. The molecule has 5 rings (SSSR count). The molecular weight excluding hydrogens is 366 g/mol. The number of nitrogens with zero attached hydrogens (tertiary/aromatic N) is 6. The Morgan fingerprint density at radius 1 is 1.07 bits per heavy atom. The Bertz CT molecular complexity index is 1400. The number of benzene rings is 2. The average molecular weight is 385 g/mol. The van der Waals surface area contributed by atoms with Gasteiger partial charge >= 0.3 is 0 Å². The summed E-state index contributed by atoms with van der Waals surface area (Å²) in [5.74, 6) is 0.418. The van der Waals surface area contributed by atoms with E-state index in [9.17, 15) is 4.79 Å². The van der Waals surface area contributed by atoms with E-state index in [0.29, 0.717) is 17.6 Å². The molecule has 8 heteroatoms. The molecule has 5 aromatic rings. The fourth-order valence-corrected chi connectivity index (χ4v) is 3.97. The van der Waals surface area contributed by atoms with E-state index in [2.05, 4.69) is 61.6 Å². The molecule has 0 saturated carbocycles. The molecule has 0 unspecified atom stereocenters. The minimum absolute atomic E-state index is 0.164. The molecule has 144 valence electrons. The highest BCUT2D eigenvalue weighted by atomic mass is 16.1. The zero-order valence-electron chi connectivity index (χ0n) is 16.1. The molecule has 3 aromatic heterocycles. The summed E-state index contributed by atoms with van der Waals surface area (Å²) in [7, 11) is 2.05. The molecule has 2 aromatic carbocycles. The maximum absolute atomic E-state index is 12.9. The third kappa shape index (κ3) is 2.89. The highest BCUT2D eigenvalue weighted by Crippen LogP contribution is 2.27. The number of tetrazole rings is 1. The molecule has 0 bridgehead atoms. The van der Waals surface area contributed by atoms with E-state index in [4.69, 9.17) is 0 Å². The highest BCUT2D eigenvalue weighted by molar-refractivity contribution is 5.89. The highest BCUT2D eigenvalue weighted by Gasteiger charge is 2.15. The predicted molar refractivity (Wildman–Crippen MR) is 110 cm³/mol. The van der Waals surface area contributed by atoms with E-state index < -0.39 is 0 Å². The number of H-pyrrole nitrogens is 1. The van der Waals surface area contributed by atoms with Gasteiger partial charge in [-0.05, 0) is 30.2 Å². The second-order valence-corrected chi connectivity index (χ2v) is 7.19. The molecule has 0 aliphatic carbocycles. The van der Waals surface area contributed by atoms with Crippen LogP contribution < -0.4 is 5.56 Å². The van der Waals surface area contributed by atoms with Crippen LogP contribution >= 0.6 is 0 Å². The molecule has 0 aliphatic heterocycles. The van der Waals surface area contributed by atoms with Crippen LogP contribution in [0.25, 0.3) is 21.7 Å². The monoisotopic (exact) mass is 385 g/mol. The van der Waals surface area contributed by atoms with Gasteiger partial charge in [-0.1, -0.05) is 35.5 Å². The van der Waals surface area contributed by atoms with Crippen molar-refractivity contribution in [2.75, 3.05) is 0 Å². The van der Waals surface area contributed by atoms with E-state index in [1.165, 1.54) is 26.7 Å². The summed E-state index contributed by atoms with van der Waals surface area (Å²) in [6.45, 7) is 2.29. The summed E-state index contributed by atoms with van der Waals surface area (Å²) in [4.78, 5) is 12.9. The first-order chi connectivity index (χ1) is 14.1. The lowest BCUT2D eigenvalue weighted by Gasteiger charge is -2.10. The van der Waals surface area contributed by atoms with Crippen LogP contribution in [0.5, 0.6) is 0 Å². The van der Waals surface area contributed by atoms with Crippen molar-refractivity contribution in [2.45, 2.75) is 19.9 Å². The summed E-state index contributed by atoms with van der Waals surface area (Å²) in [6.07, 6.45) is 2.76. The molecular formula is C21H19N7O. The first kappa shape index (κ1) is 17.3. The van der Waals surface area contributed by atoms with Crippen LogP contribution in [-0.2, 0) is 20.0 Å². The lowest BCUT2D eigenvalue weighted by molar-refractivity contribution is 0.610. The van der Waals surface area contributed by atoms with Gasteiger partial charge in [-0.3, -0.25) is 4.79 Å². The van der Waals surface area contributed by atoms with Gasteiger partial charge in [-0.2, -0.15) is 10.3 Å². The minimum atomic E-state index is -0.164. The molecule has 8 nitrogen and oxygen atoms in total. The second kappa shape index (κ2) is 6.66. The van der Waals surface area contributed by atoms with Gasteiger partial charge in [0.2, 0.25) is 0 Å². The second-order valence-electron chi connectivity index (χ2n) is 7.19. The summed E-state index contributed by atoms with van der Waals surface area (Å²) in [6, 6.07) is 13.9. The van der Waals surface area contributed by atoms with Gasteiger partial charge in [0.25, 0.3) is 5.56 Å². The van der Waals surface area contributed by atoms with Crippen molar-refractivity contribution >= 4 is 21.7 Å². The van der Waals surface area contributed by atoms with Crippen LogP contribution in [0.15, 0.2) is 53.5 Å². The zero-order valence-corrected chi connectivity index (χ0v) is 16.1. The minimum Gasteiger partial charge on any atom is -0.350 e. The van der Waals surface area contributed by atoms with Crippen molar-refractivity contribution in [3.05, 3.63) is 81.7 Å². The summed E-state index contributed by atoms with van der Waals surface area (Å²) >= 11 is 0. The summed E-state index contributed by atoms with van der Waals surface area (Å²) in [5, 5.41) is 21.3. The number of aryl methyl sites for hydroxylation is 2. The van der Waals surface area contributed by atoms with Crippen molar-refractivity contribution in [1.82, 2.24) is 35.0 Å². The normalized spacial score (nSPS) is 11.5. The Kier molecular flexibility index (Phi) is 3.97. The lowest BCUT2D eigenvalue weighted by Crippen LogP contribution is -2.25. The third-order valence-corrected chi connectivity index (χ3v) is 5.28. The fourth-order valence-electron chi connectivity index (χ4n) is 3.97. The van der Waals surface area contributed by atoms with Crippen molar-refractivity contribution in [1.29, 1.82) is 0 Å². The number of nitrogens with one attached hydrogen (secondary N) is 1. The third-order valence-electron chi connectivity index (χ3n) is 5.28. The SMILES string of the molecule is Cc1cccc2c1c(Cc1nn(Cc3nn[nH]n3)c(=O)c3ccccc13)cn2C. The van der Waals surface area contributed by atoms with Crippen molar-refractivity contribution < 1.29 is 0 Å². The molecule has 0 atom stereocenters. The van der Waals surface area contributed by atoms with Gasteiger partial charge in [0.1, 0.15) is 6.54 Å². The maximum atomic E-state index is 12.9. The molecule has 0 aliphatic rings. The molecule has 0 radical (unpaired) electrons. The summed E-state index contributed by atoms with van der Waals surface area (Å²) in [5.41, 5.74) is 4.28. The standard InChI is InChI=1S/C21H19N7O/c1-13-6-5-9-18-20(13)14(11-27(18)2)10-17-15-7-3-4-8-16(15)21(29)28(24-17)12-19-22-25-26-23-19/h3-9,11H,10,12H2,1-2H3,(H,22,23,25,26). The molecule has 29 heavy (non-hydrogen) atoms. The molecule has 3 heterocycles. The number of hydrogen-bond acceptors (Lipinski definition) is 5. The topological polar surface area (TPSA) is 94.3 Å². The van der Waals surface area contributed by atoms with Gasteiger partial charge in [-0.15, -0.1) is 10.2 Å². The van der Waals surface area contributed by atoms with Gasteiger partial charge in [-0.25, -0.2) is 4.68 Å². The van der Waals surface area contributed by atoms with Crippen molar-refractivity contribution in [2.24, 2.45) is 7.05 Å². The van der Waals surface area contributed by atoms with Gasteiger partial charge in [0, 0.05) is 36.0 Å². The number of hydrogen-bond donors (Lipinski definition) is 1. The van der Waals surface area contributed by atoms with Crippen LogP contribution in [0.1, 0.15) is 22.6 Å². The lowest BCUT2D eigenvalue weighted by atomic mass is 10.0. The van der Waals surface area contributed by atoms with Gasteiger partial charge in [0.05, 0.1) is 11.1 Å². The van der Waals surface area contributed by atoms with Crippen LogP contribution in [-0.4, -0.2) is 35.0 Å². The van der Waals surface area contributed by atoms with E-state index in [1.807, 2.05) is 31.3 Å².